The Morgan fingerprint density at radius 3 is 2.55 bits per heavy atom. The van der Waals surface area contributed by atoms with Crippen LogP contribution >= 0.6 is 34.8 Å². The van der Waals surface area contributed by atoms with Crippen LogP contribution in [0.1, 0.15) is 49.9 Å². The third kappa shape index (κ3) is 5.39. The lowest BCUT2D eigenvalue weighted by Gasteiger charge is -2.38. The van der Waals surface area contributed by atoms with Crippen molar-refractivity contribution in [2.45, 2.75) is 45.6 Å². The maximum atomic E-state index is 6.56. The number of halogens is 3. The molecule has 2 atom stereocenters. The average Bonchev–Trinajstić information content (AvgIpc) is 2.77. The summed E-state index contributed by atoms with van der Waals surface area (Å²) in [6.45, 7) is 8.27. The third-order valence-corrected chi connectivity index (χ3v) is 7.63. The number of nitrogens with zero attached hydrogens (tertiary/aromatic N) is 3. The number of piperidine rings is 2. The summed E-state index contributed by atoms with van der Waals surface area (Å²) in [6.07, 6.45) is 5.04. The molecule has 168 valence electrons. The molecular formula is C23H30Cl3N5. The number of aromatic nitrogens is 2. The molecule has 5 nitrogen and oxygen atoms in total. The van der Waals surface area contributed by atoms with Gasteiger partial charge < -0.3 is 15.5 Å². The molecule has 0 radical (unpaired) electrons. The number of benzene rings is 1. The van der Waals surface area contributed by atoms with E-state index < -0.39 is 0 Å². The summed E-state index contributed by atoms with van der Waals surface area (Å²) in [5, 5.41) is 8.76. The summed E-state index contributed by atoms with van der Waals surface area (Å²) in [4.78, 5) is 11.8. The number of hydrogen-bond donors (Lipinski definition) is 2. The van der Waals surface area contributed by atoms with Crippen LogP contribution in [0, 0.1) is 18.8 Å². The first kappa shape index (κ1) is 22.9. The monoisotopic (exact) mass is 481 g/mol. The van der Waals surface area contributed by atoms with Crippen molar-refractivity contribution < 1.29 is 0 Å². The third-order valence-electron chi connectivity index (χ3n) is 6.61. The van der Waals surface area contributed by atoms with E-state index in [0.29, 0.717) is 20.9 Å². The van der Waals surface area contributed by atoms with Crippen LogP contribution < -0.4 is 15.5 Å². The molecule has 31 heavy (non-hydrogen) atoms. The van der Waals surface area contributed by atoms with E-state index in [4.69, 9.17) is 44.8 Å². The SMILES string of the molecule is Cc1nc(N2CCC([C@@H]3CCCNC3)CC2)nc(N[C@H](C)c2ccc(Cl)cc2Cl)c1Cl. The van der Waals surface area contributed by atoms with Crippen molar-refractivity contribution in [2.24, 2.45) is 11.8 Å². The number of nitrogens with one attached hydrogen (secondary N) is 2. The lowest BCUT2D eigenvalue weighted by molar-refractivity contribution is 0.226. The molecule has 2 aromatic rings. The minimum atomic E-state index is -0.0750. The predicted molar refractivity (Wildman–Crippen MR) is 131 cm³/mol. The highest BCUT2D eigenvalue weighted by atomic mass is 35.5. The highest BCUT2D eigenvalue weighted by molar-refractivity contribution is 6.35. The van der Waals surface area contributed by atoms with Gasteiger partial charge >= 0.3 is 0 Å². The van der Waals surface area contributed by atoms with Crippen LogP contribution in [0.4, 0.5) is 11.8 Å². The second kappa shape index (κ2) is 10.1. The second-order valence-electron chi connectivity index (χ2n) is 8.73. The molecule has 0 amide bonds. The highest BCUT2D eigenvalue weighted by Crippen LogP contribution is 2.34. The Morgan fingerprint density at radius 2 is 1.87 bits per heavy atom. The lowest BCUT2D eigenvalue weighted by Crippen LogP contribution is -2.41. The maximum absolute atomic E-state index is 6.56. The normalized spacial score (nSPS) is 21.2. The Labute approximate surface area is 199 Å². The molecular weight excluding hydrogens is 453 g/mol. The fourth-order valence-electron chi connectivity index (χ4n) is 4.77. The Kier molecular flexibility index (Phi) is 7.48. The van der Waals surface area contributed by atoms with Gasteiger partial charge in [-0.25, -0.2) is 4.98 Å². The summed E-state index contributed by atoms with van der Waals surface area (Å²) in [7, 11) is 0. The minimum Gasteiger partial charge on any atom is -0.362 e. The van der Waals surface area contributed by atoms with E-state index in [1.54, 1.807) is 6.07 Å². The molecule has 0 spiro atoms. The van der Waals surface area contributed by atoms with E-state index in [2.05, 4.69) is 15.5 Å². The van der Waals surface area contributed by atoms with Crippen molar-refractivity contribution in [1.29, 1.82) is 0 Å². The second-order valence-corrected chi connectivity index (χ2v) is 9.96. The molecule has 2 aliphatic rings. The molecule has 2 N–H and O–H groups in total. The first-order valence-corrected chi connectivity index (χ1v) is 12.3. The zero-order chi connectivity index (χ0) is 22.0. The van der Waals surface area contributed by atoms with Gasteiger partial charge in [0, 0.05) is 23.1 Å². The molecule has 8 heteroatoms. The Morgan fingerprint density at radius 1 is 1.10 bits per heavy atom. The summed E-state index contributed by atoms with van der Waals surface area (Å²) in [6, 6.07) is 5.44. The summed E-state index contributed by atoms with van der Waals surface area (Å²) in [5.41, 5.74) is 1.73. The van der Waals surface area contributed by atoms with Crippen molar-refractivity contribution >= 4 is 46.6 Å². The topological polar surface area (TPSA) is 53.1 Å². The molecule has 2 aliphatic heterocycles. The molecule has 2 fully saturated rings. The van der Waals surface area contributed by atoms with Crippen LogP contribution in [0.25, 0.3) is 0 Å². The van der Waals surface area contributed by atoms with Gasteiger partial charge in [-0.05, 0) is 82.2 Å². The largest absolute Gasteiger partial charge is 0.362 e. The summed E-state index contributed by atoms with van der Waals surface area (Å²) < 4.78 is 0. The van der Waals surface area contributed by atoms with E-state index in [1.165, 1.54) is 38.8 Å². The van der Waals surface area contributed by atoms with Crippen molar-refractivity contribution in [3.05, 3.63) is 44.5 Å². The van der Waals surface area contributed by atoms with Crippen molar-refractivity contribution in [3.8, 4) is 0 Å². The van der Waals surface area contributed by atoms with Crippen LogP contribution in [-0.4, -0.2) is 36.1 Å². The molecule has 3 heterocycles. The lowest BCUT2D eigenvalue weighted by atomic mass is 9.80. The Bertz CT molecular complexity index is 908. The first-order chi connectivity index (χ1) is 14.9. The maximum Gasteiger partial charge on any atom is 0.227 e. The molecule has 1 aromatic carbocycles. The van der Waals surface area contributed by atoms with E-state index >= 15 is 0 Å². The number of aryl methyl sites for hydroxylation is 1. The number of rotatable bonds is 5. The molecule has 0 bridgehead atoms. The van der Waals surface area contributed by atoms with Crippen LogP contribution in [0.2, 0.25) is 15.1 Å². The highest BCUT2D eigenvalue weighted by Gasteiger charge is 2.29. The average molecular weight is 483 g/mol. The molecule has 2 saturated heterocycles. The van der Waals surface area contributed by atoms with E-state index in [0.717, 1.165) is 42.1 Å². The molecule has 0 unspecified atom stereocenters. The summed E-state index contributed by atoms with van der Waals surface area (Å²) >= 11 is 19.0. The van der Waals surface area contributed by atoms with Crippen LogP contribution in [0.15, 0.2) is 18.2 Å². The quantitative estimate of drug-likeness (QED) is 0.536. The standard InChI is InChI=1S/C23H30Cl3N5/c1-14(19-6-5-18(24)12-20(19)25)28-22-21(26)15(2)29-23(30-22)31-10-7-16(8-11-31)17-4-3-9-27-13-17/h5-6,12,14,16-17,27H,3-4,7-11,13H2,1-2H3,(H,28,29,30)/t14-,17-/m1/s1. The minimum absolute atomic E-state index is 0.0750. The van der Waals surface area contributed by atoms with Gasteiger partial charge in [-0.2, -0.15) is 4.98 Å². The van der Waals surface area contributed by atoms with E-state index in [1.807, 2.05) is 26.0 Å². The smallest absolute Gasteiger partial charge is 0.227 e. The molecule has 0 saturated carbocycles. The first-order valence-electron chi connectivity index (χ1n) is 11.1. The Balaban J connectivity index is 1.46. The zero-order valence-electron chi connectivity index (χ0n) is 18.1. The fourth-order valence-corrected chi connectivity index (χ4v) is 5.48. The number of anilines is 2. The predicted octanol–water partition coefficient (Wildman–Crippen LogP) is 6.13. The van der Waals surface area contributed by atoms with Crippen molar-refractivity contribution in [2.75, 3.05) is 36.4 Å². The molecule has 0 aliphatic carbocycles. The van der Waals surface area contributed by atoms with Crippen LogP contribution in [-0.2, 0) is 0 Å². The van der Waals surface area contributed by atoms with E-state index in [-0.39, 0.29) is 6.04 Å². The van der Waals surface area contributed by atoms with Gasteiger partial charge in [0.2, 0.25) is 5.95 Å². The van der Waals surface area contributed by atoms with Gasteiger partial charge in [-0.15, -0.1) is 0 Å². The fraction of sp³-hybridized carbons (Fsp3) is 0.565. The number of hydrogen-bond acceptors (Lipinski definition) is 5. The Hall–Kier alpha value is -1.27. The van der Waals surface area contributed by atoms with Crippen molar-refractivity contribution in [1.82, 2.24) is 15.3 Å². The van der Waals surface area contributed by atoms with Crippen molar-refractivity contribution in [3.63, 3.8) is 0 Å². The zero-order valence-corrected chi connectivity index (χ0v) is 20.4. The van der Waals surface area contributed by atoms with Gasteiger partial charge in [0.25, 0.3) is 0 Å². The van der Waals surface area contributed by atoms with Gasteiger partial charge in [0.15, 0.2) is 5.82 Å². The van der Waals surface area contributed by atoms with Crippen LogP contribution in [0.3, 0.4) is 0 Å². The van der Waals surface area contributed by atoms with Crippen LogP contribution in [0.5, 0.6) is 0 Å². The summed E-state index contributed by atoms with van der Waals surface area (Å²) in [5.74, 6) is 2.99. The van der Waals surface area contributed by atoms with Gasteiger partial charge in [-0.1, -0.05) is 40.9 Å². The van der Waals surface area contributed by atoms with E-state index in [9.17, 15) is 0 Å². The van der Waals surface area contributed by atoms with Gasteiger partial charge in [0.1, 0.15) is 5.02 Å². The van der Waals surface area contributed by atoms with Gasteiger partial charge in [0.05, 0.1) is 11.7 Å². The van der Waals surface area contributed by atoms with Gasteiger partial charge in [-0.3, -0.25) is 0 Å². The molecule has 1 aromatic heterocycles. The molecule has 4 rings (SSSR count).